The fourth-order valence-corrected chi connectivity index (χ4v) is 3.24. The lowest BCUT2D eigenvalue weighted by Crippen LogP contribution is -2.49. The minimum absolute atomic E-state index is 0.234. The monoisotopic (exact) mass is 305 g/mol. The van der Waals surface area contributed by atoms with Crippen LogP contribution < -0.4 is 0 Å². The minimum atomic E-state index is -0.934. The number of thioether (sulfide) groups is 1. The van der Waals surface area contributed by atoms with Crippen LogP contribution in [0.3, 0.4) is 0 Å². The zero-order valence-corrected chi connectivity index (χ0v) is 12.8. The van der Waals surface area contributed by atoms with Crippen LogP contribution in [-0.4, -0.2) is 46.0 Å². The Bertz CT molecular complexity index is 539. The van der Waals surface area contributed by atoms with Crippen molar-refractivity contribution in [3.05, 3.63) is 41.5 Å². The molecular weight excluding hydrogens is 286 g/mol. The van der Waals surface area contributed by atoms with Crippen molar-refractivity contribution in [1.82, 2.24) is 4.90 Å². The number of carbonyl (C=O) groups excluding carboxylic acids is 1. The number of carbonyl (C=O) groups is 2. The summed E-state index contributed by atoms with van der Waals surface area (Å²) >= 11 is 1.57. The number of hydrogen-bond acceptors (Lipinski definition) is 3. The topological polar surface area (TPSA) is 57.6 Å². The molecule has 2 rings (SSSR count). The van der Waals surface area contributed by atoms with Crippen molar-refractivity contribution in [2.24, 2.45) is 0 Å². The fourth-order valence-electron chi connectivity index (χ4n) is 2.20. The highest BCUT2D eigenvalue weighted by Gasteiger charge is 2.31. The molecule has 1 aromatic rings. The van der Waals surface area contributed by atoms with Crippen molar-refractivity contribution in [3.63, 3.8) is 0 Å². The van der Waals surface area contributed by atoms with Crippen LogP contribution in [0.1, 0.15) is 18.1 Å². The highest BCUT2D eigenvalue weighted by molar-refractivity contribution is 7.99. The second-order valence-electron chi connectivity index (χ2n) is 4.89. The molecule has 1 heterocycles. The van der Waals surface area contributed by atoms with Gasteiger partial charge in [0.1, 0.15) is 6.04 Å². The number of benzene rings is 1. The molecule has 1 aliphatic rings. The van der Waals surface area contributed by atoms with Crippen LogP contribution in [0.4, 0.5) is 0 Å². The Kier molecular flexibility index (Phi) is 5.44. The maximum absolute atomic E-state index is 12.2. The van der Waals surface area contributed by atoms with Crippen molar-refractivity contribution in [1.29, 1.82) is 0 Å². The maximum atomic E-state index is 12.2. The zero-order valence-electron chi connectivity index (χ0n) is 12.0. The molecule has 4 nitrogen and oxygen atoms in total. The first-order valence-corrected chi connectivity index (χ1v) is 8.15. The zero-order chi connectivity index (χ0) is 15.2. The first-order chi connectivity index (χ1) is 10.1. The number of aliphatic carboxylic acids is 1. The normalized spacial score (nSPS) is 18.9. The molecule has 1 unspecified atom stereocenters. The maximum Gasteiger partial charge on any atom is 0.327 e. The Labute approximate surface area is 128 Å². The first-order valence-electron chi connectivity index (χ1n) is 7.00. The summed E-state index contributed by atoms with van der Waals surface area (Å²) in [4.78, 5) is 24.8. The molecular formula is C16H19NO3S. The Hall–Kier alpha value is -1.75. The second-order valence-corrected chi connectivity index (χ2v) is 6.04. The molecule has 0 spiro atoms. The van der Waals surface area contributed by atoms with Crippen LogP contribution in [0.25, 0.3) is 6.08 Å². The highest BCUT2D eigenvalue weighted by Crippen LogP contribution is 2.17. The third kappa shape index (κ3) is 4.11. The summed E-state index contributed by atoms with van der Waals surface area (Å²) < 4.78 is 0. The van der Waals surface area contributed by atoms with Crippen LogP contribution in [0, 0.1) is 0 Å². The Morgan fingerprint density at radius 1 is 1.38 bits per heavy atom. The molecule has 1 aliphatic heterocycles. The summed E-state index contributed by atoms with van der Waals surface area (Å²) in [7, 11) is 0. The molecule has 0 bridgehead atoms. The molecule has 0 aromatic heterocycles. The summed E-state index contributed by atoms with van der Waals surface area (Å²) in [5.41, 5.74) is 2.19. The Morgan fingerprint density at radius 3 is 2.71 bits per heavy atom. The number of rotatable bonds is 4. The minimum Gasteiger partial charge on any atom is -0.480 e. The number of nitrogens with zero attached hydrogens (tertiary/aromatic N) is 1. The molecule has 1 amide bonds. The van der Waals surface area contributed by atoms with Gasteiger partial charge in [-0.25, -0.2) is 4.79 Å². The van der Waals surface area contributed by atoms with Gasteiger partial charge in [-0.05, 0) is 23.6 Å². The number of amides is 1. The smallest absolute Gasteiger partial charge is 0.327 e. The van der Waals surface area contributed by atoms with E-state index in [9.17, 15) is 9.59 Å². The van der Waals surface area contributed by atoms with Gasteiger partial charge in [0.25, 0.3) is 0 Å². The van der Waals surface area contributed by atoms with Gasteiger partial charge in [-0.1, -0.05) is 31.2 Å². The highest BCUT2D eigenvalue weighted by atomic mass is 32.2. The largest absolute Gasteiger partial charge is 0.480 e. The predicted molar refractivity (Wildman–Crippen MR) is 85.3 cm³/mol. The molecule has 0 aliphatic carbocycles. The molecule has 0 saturated carbocycles. The first kappa shape index (κ1) is 15.6. The molecule has 1 atom stereocenters. The van der Waals surface area contributed by atoms with Gasteiger partial charge in [0.2, 0.25) is 5.91 Å². The van der Waals surface area contributed by atoms with Gasteiger partial charge in [-0.15, -0.1) is 0 Å². The van der Waals surface area contributed by atoms with Crippen LogP contribution >= 0.6 is 11.8 Å². The number of hydrogen-bond donors (Lipinski definition) is 1. The number of carboxylic acids is 1. The van der Waals surface area contributed by atoms with Crippen molar-refractivity contribution in [2.75, 3.05) is 18.1 Å². The summed E-state index contributed by atoms with van der Waals surface area (Å²) in [6.45, 7) is 2.58. The Balaban J connectivity index is 2.04. The average molecular weight is 305 g/mol. The van der Waals surface area contributed by atoms with Gasteiger partial charge in [0.15, 0.2) is 0 Å². The lowest BCUT2D eigenvalue weighted by Gasteiger charge is -2.31. The van der Waals surface area contributed by atoms with Gasteiger partial charge in [-0.3, -0.25) is 4.79 Å². The molecule has 1 aromatic carbocycles. The van der Waals surface area contributed by atoms with Crippen LogP contribution in [0.5, 0.6) is 0 Å². The summed E-state index contributed by atoms with van der Waals surface area (Å²) in [6.07, 6.45) is 4.18. The van der Waals surface area contributed by atoms with Crippen LogP contribution in [0.15, 0.2) is 30.3 Å². The number of carboxylic acid groups (broad SMARTS) is 1. The second kappa shape index (κ2) is 7.31. The lowest BCUT2D eigenvalue weighted by atomic mass is 10.1. The van der Waals surface area contributed by atoms with E-state index in [1.165, 1.54) is 16.5 Å². The fraction of sp³-hybridized carbons (Fsp3) is 0.375. The summed E-state index contributed by atoms with van der Waals surface area (Å²) in [6, 6.07) is 7.26. The van der Waals surface area contributed by atoms with Gasteiger partial charge < -0.3 is 10.0 Å². The average Bonchev–Trinajstić information content (AvgIpc) is 2.53. The quantitative estimate of drug-likeness (QED) is 0.867. The van der Waals surface area contributed by atoms with Crippen molar-refractivity contribution >= 4 is 29.7 Å². The van der Waals surface area contributed by atoms with Crippen LogP contribution in [0.2, 0.25) is 0 Å². The molecule has 21 heavy (non-hydrogen) atoms. The van der Waals surface area contributed by atoms with Crippen molar-refractivity contribution in [2.45, 2.75) is 19.4 Å². The van der Waals surface area contributed by atoms with E-state index in [0.29, 0.717) is 12.3 Å². The van der Waals surface area contributed by atoms with E-state index in [1.54, 1.807) is 17.8 Å². The third-order valence-corrected chi connectivity index (χ3v) is 4.53. The van der Waals surface area contributed by atoms with Crippen LogP contribution in [-0.2, 0) is 16.0 Å². The van der Waals surface area contributed by atoms with Gasteiger partial charge in [0.05, 0.1) is 0 Å². The lowest BCUT2D eigenvalue weighted by molar-refractivity contribution is -0.147. The van der Waals surface area contributed by atoms with Crippen molar-refractivity contribution < 1.29 is 14.7 Å². The van der Waals surface area contributed by atoms with E-state index < -0.39 is 12.0 Å². The Morgan fingerprint density at radius 2 is 2.10 bits per heavy atom. The van der Waals surface area contributed by atoms with Crippen molar-refractivity contribution in [3.8, 4) is 0 Å². The number of aryl methyl sites for hydroxylation is 1. The standard InChI is InChI=1S/C16H19NO3S/c1-2-12-3-5-13(6-4-12)7-8-15(18)17-9-10-21-11-14(17)16(19)20/h3-8,14H,2,9-11H2,1H3,(H,19,20)/b8-7+. The molecule has 1 saturated heterocycles. The molecule has 1 fully saturated rings. The summed E-state index contributed by atoms with van der Waals surface area (Å²) in [5.74, 6) is 0.0767. The molecule has 112 valence electrons. The van der Waals surface area contributed by atoms with E-state index in [1.807, 2.05) is 24.3 Å². The van der Waals surface area contributed by atoms with E-state index in [-0.39, 0.29) is 5.91 Å². The third-order valence-electron chi connectivity index (χ3n) is 3.50. The van der Waals surface area contributed by atoms with E-state index in [2.05, 4.69) is 6.92 Å². The SMILES string of the molecule is CCc1ccc(/C=C/C(=O)N2CCSCC2C(=O)O)cc1. The van der Waals surface area contributed by atoms with Gasteiger partial charge in [-0.2, -0.15) is 11.8 Å². The van der Waals surface area contributed by atoms with Gasteiger partial charge >= 0.3 is 5.97 Å². The predicted octanol–water partition coefficient (Wildman–Crippen LogP) is 2.29. The van der Waals surface area contributed by atoms with E-state index >= 15 is 0 Å². The van der Waals surface area contributed by atoms with E-state index in [4.69, 9.17) is 5.11 Å². The molecule has 1 N–H and O–H groups in total. The van der Waals surface area contributed by atoms with E-state index in [0.717, 1.165) is 17.7 Å². The van der Waals surface area contributed by atoms with Gasteiger partial charge in [0, 0.05) is 24.1 Å². The summed E-state index contributed by atoms with van der Waals surface area (Å²) in [5, 5.41) is 9.17. The molecule has 5 heteroatoms. The molecule has 0 radical (unpaired) electrons.